The lowest BCUT2D eigenvalue weighted by atomic mass is 10.0. The summed E-state index contributed by atoms with van der Waals surface area (Å²) in [6, 6.07) is 1.13. The zero-order chi connectivity index (χ0) is 12.5. The van der Waals surface area contributed by atoms with Crippen molar-refractivity contribution in [2.24, 2.45) is 0 Å². The molecule has 0 radical (unpaired) electrons. The van der Waals surface area contributed by atoms with Gasteiger partial charge in [-0.15, -0.1) is 0 Å². The Morgan fingerprint density at radius 1 is 1.56 bits per heavy atom. The maximum atomic E-state index is 13.1. The standard InChI is InChI=1S/C11H13F2NO2/c1-4-7-9(10(15)16)6(2)5-8(14-7)11(3,12)13/h5H,4H2,1-3H3,(H,15,16). The molecule has 0 unspecified atom stereocenters. The lowest BCUT2D eigenvalue weighted by molar-refractivity contribution is 0.0124. The molecule has 5 heteroatoms. The molecule has 0 fully saturated rings. The van der Waals surface area contributed by atoms with Gasteiger partial charge in [0.15, 0.2) is 0 Å². The number of aromatic nitrogens is 1. The number of alkyl halides is 2. The number of pyridine rings is 1. The average Bonchev–Trinajstić information content (AvgIpc) is 2.14. The van der Waals surface area contributed by atoms with Crippen molar-refractivity contribution in [3.63, 3.8) is 0 Å². The van der Waals surface area contributed by atoms with Crippen LogP contribution in [-0.2, 0) is 12.3 Å². The van der Waals surface area contributed by atoms with Crippen LogP contribution in [0, 0.1) is 6.92 Å². The molecule has 88 valence electrons. The number of carbonyl (C=O) groups is 1. The van der Waals surface area contributed by atoms with E-state index < -0.39 is 11.9 Å². The Balaban J connectivity index is 3.44. The molecule has 16 heavy (non-hydrogen) atoms. The number of aromatic carboxylic acids is 1. The van der Waals surface area contributed by atoms with Crippen molar-refractivity contribution in [3.05, 3.63) is 28.6 Å². The number of carboxylic acid groups (broad SMARTS) is 1. The number of halogens is 2. The van der Waals surface area contributed by atoms with Gasteiger partial charge >= 0.3 is 5.97 Å². The van der Waals surface area contributed by atoms with Crippen molar-refractivity contribution in [1.82, 2.24) is 4.98 Å². The first-order valence-electron chi connectivity index (χ1n) is 4.89. The Kier molecular flexibility index (Phi) is 3.26. The van der Waals surface area contributed by atoms with Gasteiger partial charge in [-0.25, -0.2) is 4.79 Å². The molecule has 0 aliphatic rings. The second-order valence-electron chi connectivity index (χ2n) is 3.69. The van der Waals surface area contributed by atoms with E-state index in [4.69, 9.17) is 5.11 Å². The maximum Gasteiger partial charge on any atom is 0.337 e. The van der Waals surface area contributed by atoms with E-state index in [2.05, 4.69) is 4.98 Å². The monoisotopic (exact) mass is 229 g/mol. The van der Waals surface area contributed by atoms with E-state index >= 15 is 0 Å². The lowest BCUT2D eigenvalue weighted by Crippen LogP contribution is -2.15. The fourth-order valence-corrected chi connectivity index (χ4v) is 1.51. The zero-order valence-corrected chi connectivity index (χ0v) is 9.34. The van der Waals surface area contributed by atoms with E-state index in [1.54, 1.807) is 6.92 Å². The maximum absolute atomic E-state index is 13.1. The first-order valence-corrected chi connectivity index (χ1v) is 4.89. The second-order valence-corrected chi connectivity index (χ2v) is 3.69. The van der Waals surface area contributed by atoms with Crippen LogP contribution < -0.4 is 0 Å². The van der Waals surface area contributed by atoms with Crippen molar-refractivity contribution < 1.29 is 18.7 Å². The van der Waals surface area contributed by atoms with E-state index in [1.807, 2.05) is 0 Å². The lowest BCUT2D eigenvalue weighted by Gasteiger charge is -2.14. The number of hydrogen-bond donors (Lipinski definition) is 1. The zero-order valence-electron chi connectivity index (χ0n) is 9.34. The molecule has 0 aromatic carbocycles. The molecular weight excluding hydrogens is 216 g/mol. The Morgan fingerprint density at radius 2 is 2.12 bits per heavy atom. The average molecular weight is 229 g/mol. The molecule has 1 aromatic rings. The summed E-state index contributed by atoms with van der Waals surface area (Å²) in [6.45, 7) is 3.93. The molecule has 1 aromatic heterocycles. The summed E-state index contributed by atoms with van der Waals surface area (Å²) >= 11 is 0. The molecule has 0 bridgehead atoms. The van der Waals surface area contributed by atoms with Crippen LogP contribution in [0.3, 0.4) is 0 Å². The molecule has 1 rings (SSSR count). The Morgan fingerprint density at radius 3 is 2.50 bits per heavy atom. The highest BCUT2D eigenvalue weighted by molar-refractivity contribution is 5.90. The highest BCUT2D eigenvalue weighted by Crippen LogP contribution is 2.27. The molecule has 1 N–H and O–H groups in total. The van der Waals surface area contributed by atoms with Gasteiger partial charge in [0.1, 0.15) is 5.69 Å². The van der Waals surface area contributed by atoms with Crippen LogP contribution in [0.25, 0.3) is 0 Å². The second kappa shape index (κ2) is 4.15. The van der Waals surface area contributed by atoms with Gasteiger partial charge in [-0.05, 0) is 25.0 Å². The smallest absolute Gasteiger partial charge is 0.337 e. The number of hydrogen-bond acceptors (Lipinski definition) is 2. The summed E-state index contributed by atoms with van der Waals surface area (Å²) in [4.78, 5) is 14.6. The molecule has 0 saturated carbocycles. The molecule has 3 nitrogen and oxygen atoms in total. The normalized spacial score (nSPS) is 11.6. The predicted molar refractivity (Wildman–Crippen MR) is 54.9 cm³/mol. The third-order valence-electron chi connectivity index (χ3n) is 2.29. The van der Waals surface area contributed by atoms with Crippen molar-refractivity contribution >= 4 is 5.97 Å². The summed E-state index contributed by atoms with van der Waals surface area (Å²) < 4.78 is 26.1. The van der Waals surface area contributed by atoms with Crippen LogP contribution in [0.15, 0.2) is 6.07 Å². The number of rotatable bonds is 3. The topological polar surface area (TPSA) is 50.2 Å². The Labute approximate surface area is 92.1 Å². The largest absolute Gasteiger partial charge is 0.478 e. The van der Waals surface area contributed by atoms with Crippen LogP contribution in [-0.4, -0.2) is 16.1 Å². The quantitative estimate of drug-likeness (QED) is 0.866. The minimum absolute atomic E-state index is 0.0236. The molecule has 0 atom stereocenters. The summed E-state index contributed by atoms with van der Waals surface area (Å²) in [5.41, 5.74) is 0.155. The number of aryl methyl sites for hydroxylation is 2. The molecule has 0 aliphatic heterocycles. The van der Waals surface area contributed by atoms with Crippen molar-refractivity contribution in [2.75, 3.05) is 0 Å². The molecule has 0 spiro atoms. The fraction of sp³-hybridized carbons (Fsp3) is 0.455. The van der Waals surface area contributed by atoms with Crippen LogP contribution in [0.1, 0.15) is 41.2 Å². The third-order valence-corrected chi connectivity index (χ3v) is 2.29. The molecular formula is C11H13F2NO2. The van der Waals surface area contributed by atoms with Gasteiger partial charge in [-0.1, -0.05) is 6.92 Å². The Hall–Kier alpha value is -1.52. The molecule has 0 saturated heterocycles. The summed E-state index contributed by atoms with van der Waals surface area (Å²) in [5, 5.41) is 8.94. The van der Waals surface area contributed by atoms with Gasteiger partial charge in [-0.2, -0.15) is 8.78 Å². The summed E-state index contributed by atoms with van der Waals surface area (Å²) in [7, 11) is 0. The van der Waals surface area contributed by atoms with Crippen LogP contribution in [0.2, 0.25) is 0 Å². The highest BCUT2D eigenvalue weighted by atomic mass is 19.3. The van der Waals surface area contributed by atoms with Crippen LogP contribution in [0.5, 0.6) is 0 Å². The number of nitrogens with zero attached hydrogens (tertiary/aromatic N) is 1. The first-order chi connectivity index (χ1) is 7.27. The fourth-order valence-electron chi connectivity index (χ4n) is 1.51. The minimum atomic E-state index is -3.05. The van der Waals surface area contributed by atoms with E-state index in [0.29, 0.717) is 12.0 Å². The van der Waals surface area contributed by atoms with E-state index in [0.717, 1.165) is 13.0 Å². The van der Waals surface area contributed by atoms with Crippen LogP contribution >= 0.6 is 0 Å². The number of carboxylic acids is 1. The van der Waals surface area contributed by atoms with Gasteiger partial charge in [0.05, 0.1) is 11.3 Å². The van der Waals surface area contributed by atoms with E-state index in [1.165, 1.54) is 6.92 Å². The van der Waals surface area contributed by atoms with Gasteiger partial charge in [-0.3, -0.25) is 4.98 Å². The predicted octanol–water partition coefficient (Wildman–Crippen LogP) is 2.76. The van der Waals surface area contributed by atoms with Gasteiger partial charge in [0.2, 0.25) is 0 Å². The van der Waals surface area contributed by atoms with E-state index in [9.17, 15) is 13.6 Å². The van der Waals surface area contributed by atoms with Crippen molar-refractivity contribution in [1.29, 1.82) is 0 Å². The molecule has 0 amide bonds. The molecule has 0 aliphatic carbocycles. The van der Waals surface area contributed by atoms with Gasteiger partial charge in [0.25, 0.3) is 5.92 Å². The third kappa shape index (κ3) is 2.35. The SMILES string of the molecule is CCc1nc(C(C)(F)F)cc(C)c1C(=O)O. The van der Waals surface area contributed by atoms with E-state index in [-0.39, 0.29) is 17.0 Å². The Bertz CT molecular complexity index is 425. The summed E-state index contributed by atoms with van der Waals surface area (Å²) in [6.07, 6.45) is 0.312. The van der Waals surface area contributed by atoms with Crippen LogP contribution in [0.4, 0.5) is 8.78 Å². The summed E-state index contributed by atoms with van der Waals surface area (Å²) in [5.74, 6) is -4.18. The first kappa shape index (κ1) is 12.5. The highest BCUT2D eigenvalue weighted by Gasteiger charge is 2.28. The van der Waals surface area contributed by atoms with Gasteiger partial charge in [0, 0.05) is 6.92 Å². The van der Waals surface area contributed by atoms with Gasteiger partial charge < -0.3 is 5.11 Å². The van der Waals surface area contributed by atoms with Crippen molar-refractivity contribution in [3.8, 4) is 0 Å². The minimum Gasteiger partial charge on any atom is -0.478 e. The van der Waals surface area contributed by atoms with Crippen molar-refractivity contribution in [2.45, 2.75) is 33.1 Å². The molecule has 1 heterocycles.